The Balaban J connectivity index is 1.64. The standard InChI is InChI=1S/C22H15F2N3O3S2/c1-11-19(32-21(25-11)17-13(23)8-5-9-14(17)24)20(30)27-22-26-18(12-6-3-2-4-7-12)15(31-22)10-16(28)29/h2-9H,10H2,1H3,(H,28,29)(H,26,27,30). The number of carbonyl (C=O) groups excluding carboxylic acids is 1. The highest BCUT2D eigenvalue weighted by molar-refractivity contribution is 7.18. The minimum Gasteiger partial charge on any atom is -0.481 e. The van der Waals surface area contributed by atoms with Crippen LogP contribution in [0.2, 0.25) is 0 Å². The van der Waals surface area contributed by atoms with E-state index in [0.717, 1.165) is 40.4 Å². The van der Waals surface area contributed by atoms with Gasteiger partial charge in [-0.15, -0.1) is 22.7 Å². The molecule has 0 saturated carbocycles. The minimum atomic E-state index is -1.02. The van der Waals surface area contributed by atoms with Crippen LogP contribution in [-0.2, 0) is 11.2 Å². The largest absolute Gasteiger partial charge is 0.481 e. The molecule has 0 aliphatic rings. The van der Waals surface area contributed by atoms with Gasteiger partial charge in [-0.05, 0) is 19.1 Å². The molecule has 2 aromatic heterocycles. The average Bonchev–Trinajstić information content (AvgIpc) is 3.31. The molecule has 6 nitrogen and oxygen atoms in total. The van der Waals surface area contributed by atoms with Gasteiger partial charge in [-0.1, -0.05) is 36.4 Å². The molecule has 1 amide bonds. The number of hydrogen-bond acceptors (Lipinski definition) is 6. The molecule has 0 fully saturated rings. The Morgan fingerprint density at radius 1 is 1.00 bits per heavy atom. The second-order valence-corrected chi connectivity index (χ2v) is 8.79. The van der Waals surface area contributed by atoms with Crippen molar-refractivity contribution >= 4 is 39.7 Å². The van der Waals surface area contributed by atoms with E-state index in [1.165, 1.54) is 6.07 Å². The number of carboxylic acid groups (broad SMARTS) is 1. The highest BCUT2D eigenvalue weighted by Crippen LogP contribution is 2.34. The fraction of sp³-hybridized carbons (Fsp3) is 0.0909. The van der Waals surface area contributed by atoms with Crippen molar-refractivity contribution in [3.8, 4) is 21.8 Å². The van der Waals surface area contributed by atoms with Crippen LogP contribution >= 0.6 is 22.7 Å². The first kappa shape index (κ1) is 21.7. The van der Waals surface area contributed by atoms with E-state index in [4.69, 9.17) is 0 Å². The van der Waals surface area contributed by atoms with Crippen LogP contribution in [0.3, 0.4) is 0 Å². The number of aliphatic carboxylic acids is 1. The molecule has 2 heterocycles. The van der Waals surface area contributed by atoms with Crippen molar-refractivity contribution in [3.63, 3.8) is 0 Å². The van der Waals surface area contributed by atoms with E-state index in [9.17, 15) is 23.5 Å². The summed E-state index contributed by atoms with van der Waals surface area (Å²) in [4.78, 5) is 33.4. The lowest BCUT2D eigenvalue weighted by molar-refractivity contribution is -0.136. The van der Waals surface area contributed by atoms with Gasteiger partial charge in [-0.25, -0.2) is 18.7 Å². The Labute approximate surface area is 189 Å². The van der Waals surface area contributed by atoms with E-state index in [1.807, 2.05) is 18.2 Å². The molecule has 10 heteroatoms. The van der Waals surface area contributed by atoms with Crippen LogP contribution in [0.1, 0.15) is 20.2 Å². The first-order valence-corrected chi connectivity index (χ1v) is 11.0. The van der Waals surface area contributed by atoms with E-state index in [-0.39, 0.29) is 27.0 Å². The molecule has 0 atom stereocenters. The zero-order valence-corrected chi connectivity index (χ0v) is 18.2. The normalized spacial score (nSPS) is 10.8. The lowest BCUT2D eigenvalue weighted by atomic mass is 10.1. The molecule has 0 saturated heterocycles. The maximum Gasteiger partial charge on any atom is 0.308 e. The number of amides is 1. The summed E-state index contributed by atoms with van der Waals surface area (Å²) in [5, 5.41) is 12.2. The van der Waals surface area contributed by atoms with Gasteiger partial charge in [-0.3, -0.25) is 14.9 Å². The first-order chi connectivity index (χ1) is 15.3. The van der Waals surface area contributed by atoms with E-state index >= 15 is 0 Å². The number of aromatic nitrogens is 2. The fourth-order valence-electron chi connectivity index (χ4n) is 3.05. The number of carbonyl (C=O) groups is 2. The van der Waals surface area contributed by atoms with Gasteiger partial charge in [0.05, 0.1) is 23.4 Å². The third-order valence-electron chi connectivity index (χ3n) is 4.46. The van der Waals surface area contributed by atoms with Crippen molar-refractivity contribution in [2.75, 3.05) is 5.32 Å². The minimum absolute atomic E-state index is 0.0546. The van der Waals surface area contributed by atoms with Gasteiger partial charge >= 0.3 is 5.97 Å². The Hall–Kier alpha value is -3.50. The number of thiazole rings is 2. The number of anilines is 1. The summed E-state index contributed by atoms with van der Waals surface area (Å²) in [5.41, 5.74) is 1.23. The van der Waals surface area contributed by atoms with Crippen LogP contribution in [0.5, 0.6) is 0 Å². The molecule has 4 rings (SSSR count). The first-order valence-electron chi connectivity index (χ1n) is 9.33. The van der Waals surface area contributed by atoms with E-state index in [1.54, 1.807) is 19.1 Å². The van der Waals surface area contributed by atoms with Crippen LogP contribution in [0, 0.1) is 18.6 Å². The van der Waals surface area contributed by atoms with Crippen LogP contribution in [-0.4, -0.2) is 27.0 Å². The number of benzene rings is 2. The molecule has 0 aliphatic carbocycles. The van der Waals surface area contributed by atoms with Gasteiger partial charge in [0.2, 0.25) is 0 Å². The van der Waals surface area contributed by atoms with Gasteiger partial charge in [-0.2, -0.15) is 0 Å². The number of hydrogen-bond donors (Lipinski definition) is 2. The predicted molar refractivity (Wildman–Crippen MR) is 119 cm³/mol. The number of nitrogens with one attached hydrogen (secondary N) is 1. The summed E-state index contributed by atoms with van der Waals surface area (Å²) < 4.78 is 28.2. The van der Waals surface area contributed by atoms with Gasteiger partial charge in [0.15, 0.2) is 5.13 Å². The van der Waals surface area contributed by atoms with Gasteiger partial charge in [0, 0.05) is 10.4 Å². The number of rotatable bonds is 6. The topological polar surface area (TPSA) is 92.2 Å². The maximum absolute atomic E-state index is 14.1. The molecule has 2 N–H and O–H groups in total. The molecular weight excluding hydrogens is 456 g/mol. The fourth-order valence-corrected chi connectivity index (χ4v) is 5.03. The number of halogens is 2. The summed E-state index contributed by atoms with van der Waals surface area (Å²) in [6, 6.07) is 12.5. The zero-order valence-electron chi connectivity index (χ0n) is 16.6. The van der Waals surface area contributed by atoms with Crippen molar-refractivity contribution < 1.29 is 23.5 Å². The molecule has 0 unspecified atom stereocenters. The molecule has 4 aromatic rings. The Morgan fingerprint density at radius 2 is 1.69 bits per heavy atom. The van der Waals surface area contributed by atoms with Crippen molar-refractivity contribution in [3.05, 3.63) is 75.6 Å². The van der Waals surface area contributed by atoms with Crippen molar-refractivity contribution in [1.29, 1.82) is 0 Å². The summed E-state index contributed by atoms with van der Waals surface area (Å²) in [7, 11) is 0. The number of carboxylic acids is 1. The molecule has 0 bridgehead atoms. The second kappa shape index (κ2) is 8.93. The molecule has 2 aromatic carbocycles. The average molecular weight is 472 g/mol. The number of nitrogens with zero attached hydrogens (tertiary/aromatic N) is 2. The molecule has 0 radical (unpaired) electrons. The highest BCUT2D eigenvalue weighted by Gasteiger charge is 2.22. The predicted octanol–water partition coefficient (Wildman–Crippen LogP) is 5.40. The van der Waals surface area contributed by atoms with E-state index in [2.05, 4.69) is 15.3 Å². The molecule has 32 heavy (non-hydrogen) atoms. The molecule has 0 spiro atoms. The number of aryl methyl sites for hydroxylation is 1. The summed E-state index contributed by atoms with van der Waals surface area (Å²) in [6.45, 7) is 1.57. The zero-order chi connectivity index (χ0) is 22.8. The summed E-state index contributed by atoms with van der Waals surface area (Å²) >= 11 is 1.93. The van der Waals surface area contributed by atoms with Crippen LogP contribution in [0.15, 0.2) is 48.5 Å². The lowest BCUT2D eigenvalue weighted by Gasteiger charge is -2.00. The van der Waals surface area contributed by atoms with E-state index in [0.29, 0.717) is 16.3 Å². The van der Waals surface area contributed by atoms with Crippen LogP contribution in [0.4, 0.5) is 13.9 Å². The molecular formula is C22H15F2N3O3S2. The summed E-state index contributed by atoms with van der Waals surface area (Å²) in [6.07, 6.45) is -0.242. The Bertz CT molecular complexity index is 1300. The van der Waals surface area contributed by atoms with Crippen molar-refractivity contribution in [1.82, 2.24) is 9.97 Å². The third kappa shape index (κ3) is 4.41. The molecule has 162 valence electrons. The second-order valence-electron chi connectivity index (χ2n) is 6.71. The van der Waals surface area contributed by atoms with Gasteiger partial charge < -0.3 is 5.11 Å². The third-order valence-corrected chi connectivity index (χ3v) is 6.60. The SMILES string of the molecule is Cc1nc(-c2c(F)cccc2F)sc1C(=O)Nc1nc(-c2ccccc2)c(CC(=O)O)s1. The lowest BCUT2D eigenvalue weighted by Crippen LogP contribution is -2.11. The van der Waals surface area contributed by atoms with Crippen LogP contribution < -0.4 is 5.32 Å². The van der Waals surface area contributed by atoms with Crippen LogP contribution in [0.25, 0.3) is 21.8 Å². The maximum atomic E-state index is 14.1. The molecule has 0 aliphatic heterocycles. The van der Waals surface area contributed by atoms with Gasteiger partial charge in [0.1, 0.15) is 21.5 Å². The monoisotopic (exact) mass is 471 g/mol. The quantitative estimate of drug-likeness (QED) is 0.393. The Morgan fingerprint density at radius 3 is 2.34 bits per heavy atom. The van der Waals surface area contributed by atoms with Gasteiger partial charge in [0.25, 0.3) is 5.91 Å². The highest BCUT2D eigenvalue weighted by atomic mass is 32.1. The summed E-state index contributed by atoms with van der Waals surface area (Å²) in [5.74, 6) is -3.09. The van der Waals surface area contributed by atoms with E-state index < -0.39 is 23.5 Å². The Kier molecular flexibility index (Phi) is 6.06. The smallest absolute Gasteiger partial charge is 0.308 e. The van der Waals surface area contributed by atoms with Crippen molar-refractivity contribution in [2.45, 2.75) is 13.3 Å². The van der Waals surface area contributed by atoms with Crippen molar-refractivity contribution in [2.24, 2.45) is 0 Å².